The number of rotatable bonds is 9. The van der Waals surface area contributed by atoms with Gasteiger partial charge in [-0.3, -0.25) is 4.79 Å². The zero-order chi connectivity index (χ0) is 24.7. The molecule has 0 spiro atoms. The number of amides is 1. The number of benzene rings is 3. The zero-order valence-electron chi connectivity index (χ0n) is 19.8. The van der Waals surface area contributed by atoms with Crippen LogP contribution >= 0.6 is 0 Å². The molecule has 8 nitrogen and oxygen atoms in total. The van der Waals surface area contributed by atoms with Gasteiger partial charge in [-0.15, -0.1) is 15.3 Å². The molecule has 0 saturated heterocycles. The molecule has 180 valence electrons. The maximum atomic E-state index is 12.4. The topological polar surface area (TPSA) is 90.6 Å². The molecule has 0 atom stereocenters. The molecule has 8 heteroatoms. The normalized spacial score (nSPS) is 10.8. The van der Waals surface area contributed by atoms with E-state index in [1.54, 1.807) is 23.8 Å². The molecule has 36 heavy (non-hydrogen) atoms. The van der Waals surface area contributed by atoms with Gasteiger partial charge in [0, 0.05) is 11.6 Å². The second-order valence-electron chi connectivity index (χ2n) is 8.14. The molecule has 5 rings (SSSR count). The van der Waals surface area contributed by atoms with E-state index in [1.807, 2.05) is 66.7 Å². The van der Waals surface area contributed by atoms with Crippen molar-refractivity contribution in [2.24, 2.45) is 0 Å². The number of nitrogens with zero attached hydrogens (tertiary/aromatic N) is 4. The van der Waals surface area contributed by atoms with Gasteiger partial charge in [0.25, 0.3) is 0 Å². The number of hydrogen-bond donors (Lipinski definition) is 1. The van der Waals surface area contributed by atoms with E-state index in [-0.39, 0.29) is 12.5 Å². The lowest BCUT2D eigenvalue weighted by molar-refractivity contribution is -0.120. The molecule has 3 aromatic carbocycles. The van der Waals surface area contributed by atoms with Crippen LogP contribution in [0.3, 0.4) is 0 Å². The van der Waals surface area contributed by atoms with Crippen LogP contribution in [0.5, 0.6) is 11.6 Å². The number of fused-ring (bicyclic) bond motifs is 1. The van der Waals surface area contributed by atoms with Crippen LogP contribution in [-0.4, -0.2) is 46.0 Å². The molecule has 2 aromatic heterocycles. The second-order valence-corrected chi connectivity index (χ2v) is 8.14. The van der Waals surface area contributed by atoms with Crippen molar-refractivity contribution >= 4 is 11.6 Å². The molecular weight excluding hydrogens is 454 g/mol. The molecule has 0 aliphatic heterocycles. The first-order chi connectivity index (χ1) is 17.7. The number of aromatic nitrogens is 4. The molecule has 0 aliphatic rings. The van der Waals surface area contributed by atoms with Crippen LogP contribution in [0.2, 0.25) is 0 Å². The monoisotopic (exact) mass is 479 g/mol. The molecule has 0 fully saturated rings. The third kappa shape index (κ3) is 5.33. The van der Waals surface area contributed by atoms with Crippen molar-refractivity contribution in [2.45, 2.75) is 6.42 Å². The van der Waals surface area contributed by atoms with Crippen LogP contribution in [0.25, 0.3) is 28.2 Å². The molecule has 0 radical (unpaired) electrons. The Labute approximate surface area is 208 Å². The predicted octanol–water partition coefficient (Wildman–Crippen LogP) is 4.20. The van der Waals surface area contributed by atoms with Gasteiger partial charge in [0.05, 0.1) is 20.1 Å². The summed E-state index contributed by atoms with van der Waals surface area (Å²) < 4.78 is 12.7. The first-order valence-electron chi connectivity index (χ1n) is 11.6. The summed E-state index contributed by atoms with van der Waals surface area (Å²) in [4.78, 5) is 12.4. The summed E-state index contributed by atoms with van der Waals surface area (Å²) in [7, 11) is 1.62. The third-order valence-electron chi connectivity index (χ3n) is 5.67. The maximum absolute atomic E-state index is 12.4. The van der Waals surface area contributed by atoms with E-state index in [9.17, 15) is 4.79 Å². The van der Waals surface area contributed by atoms with E-state index in [1.165, 1.54) is 0 Å². The maximum Gasteiger partial charge on any atom is 0.231 e. The molecule has 1 N–H and O–H groups in total. The van der Waals surface area contributed by atoms with Crippen molar-refractivity contribution in [3.05, 3.63) is 96.6 Å². The Balaban J connectivity index is 1.14. The number of ether oxygens (including phenoxy) is 2. The largest absolute Gasteiger partial charge is 0.497 e. The Morgan fingerprint density at radius 1 is 0.861 bits per heavy atom. The van der Waals surface area contributed by atoms with Crippen molar-refractivity contribution in [2.75, 3.05) is 20.3 Å². The predicted molar refractivity (Wildman–Crippen MR) is 137 cm³/mol. The average molecular weight is 480 g/mol. The van der Waals surface area contributed by atoms with Gasteiger partial charge in [-0.1, -0.05) is 66.7 Å². The van der Waals surface area contributed by atoms with Crippen molar-refractivity contribution in [1.82, 2.24) is 25.1 Å². The van der Waals surface area contributed by atoms with Gasteiger partial charge in [-0.2, -0.15) is 4.52 Å². The standard InChI is InChI=1S/C28H25N5O3/c1-35-24-9-5-8-23(19-24)28-31-30-25-14-15-27(32-33(25)28)36-17-16-29-26(34)18-20-10-12-22(13-11-20)21-6-3-2-4-7-21/h2-15,19H,16-18H2,1H3,(H,29,34). The summed E-state index contributed by atoms with van der Waals surface area (Å²) in [5.74, 6) is 1.66. The van der Waals surface area contributed by atoms with Crippen LogP contribution in [0.1, 0.15) is 5.56 Å². The minimum absolute atomic E-state index is 0.0615. The molecule has 0 aliphatic carbocycles. The van der Waals surface area contributed by atoms with Gasteiger partial charge >= 0.3 is 0 Å². The number of carbonyl (C=O) groups excluding carboxylic acids is 1. The van der Waals surface area contributed by atoms with Crippen molar-refractivity contribution in [1.29, 1.82) is 0 Å². The smallest absolute Gasteiger partial charge is 0.231 e. The fourth-order valence-electron chi connectivity index (χ4n) is 3.83. The highest BCUT2D eigenvalue weighted by Gasteiger charge is 2.11. The molecule has 5 aromatic rings. The summed E-state index contributed by atoms with van der Waals surface area (Å²) in [5, 5.41) is 15.8. The van der Waals surface area contributed by atoms with E-state index in [0.717, 1.165) is 28.0 Å². The third-order valence-corrected chi connectivity index (χ3v) is 5.67. The Bertz CT molecular complexity index is 1470. The number of nitrogens with one attached hydrogen (secondary N) is 1. The van der Waals surface area contributed by atoms with Gasteiger partial charge < -0.3 is 14.8 Å². The quantitative estimate of drug-likeness (QED) is 0.319. The minimum Gasteiger partial charge on any atom is -0.497 e. The fourth-order valence-corrected chi connectivity index (χ4v) is 3.83. The van der Waals surface area contributed by atoms with Crippen LogP contribution in [0.15, 0.2) is 91.0 Å². The molecule has 0 bridgehead atoms. The molecule has 1 amide bonds. The molecule has 0 saturated carbocycles. The number of hydrogen-bond acceptors (Lipinski definition) is 6. The summed E-state index contributed by atoms with van der Waals surface area (Å²) in [5.41, 5.74) is 4.67. The van der Waals surface area contributed by atoms with Crippen LogP contribution < -0.4 is 14.8 Å². The van der Waals surface area contributed by atoms with E-state index in [0.29, 0.717) is 30.3 Å². The summed E-state index contributed by atoms with van der Waals surface area (Å²) in [6, 6.07) is 29.2. The first kappa shape index (κ1) is 23.0. The summed E-state index contributed by atoms with van der Waals surface area (Å²) in [6.07, 6.45) is 0.309. The van der Waals surface area contributed by atoms with Gasteiger partial charge in [-0.25, -0.2) is 0 Å². The van der Waals surface area contributed by atoms with Crippen molar-refractivity contribution < 1.29 is 14.3 Å². The lowest BCUT2D eigenvalue weighted by Gasteiger charge is -2.08. The highest BCUT2D eigenvalue weighted by molar-refractivity contribution is 5.78. The van der Waals surface area contributed by atoms with Crippen molar-refractivity contribution in [3.63, 3.8) is 0 Å². The van der Waals surface area contributed by atoms with E-state index < -0.39 is 0 Å². The highest BCUT2D eigenvalue weighted by atomic mass is 16.5. The first-order valence-corrected chi connectivity index (χ1v) is 11.6. The van der Waals surface area contributed by atoms with E-state index >= 15 is 0 Å². The van der Waals surface area contributed by atoms with Gasteiger partial charge in [0.15, 0.2) is 11.5 Å². The highest BCUT2D eigenvalue weighted by Crippen LogP contribution is 2.23. The lowest BCUT2D eigenvalue weighted by Crippen LogP contribution is -2.29. The fraction of sp³-hybridized carbons (Fsp3) is 0.143. The van der Waals surface area contributed by atoms with Crippen LogP contribution in [0, 0.1) is 0 Å². The van der Waals surface area contributed by atoms with Crippen molar-refractivity contribution in [3.8, 4) is 34.1 Å². The molecule has 2 heterocycles. The Kier molecular flexibility index (Phi) is 6.84. The Morgan fingerprint density at radius 2 is 1.64 bits per heavy atom. The second kappa shape index (κ2) is 10.7. The van der Waals surface area contributed by atoms with Crippen LogP contribution in [0.4, 0.5) is 0 Å². The van der Waals surface area contributed by atoms with Gasteiger partial charge in [0.2, 0.25) is 11.8 Å². The molecular formula is C28H25N5O3. The summed E-state index contributed by atoms with van der Waals surface area (Å²) in [6.45, 7) is 0.652. The lowest BCUT2D eigenvalue weighted by atomic mass is 10.0. The zero-order valence-corrected chi connectivity index (χ0v) is 19.8. The Hall–Kier alpha value is -4.72. The van der Waals surface area contributed by atoms with Gasteiger partial charge in [0.1, 0.15) is 12.4 Å². The van der Waals surface area contributed by atoms with E-state index in [4.69, 9.17) is 9.47 Å². The summed E-state index contributed by atoms with van der Waals surface area (Å²) >= 11 is 0. The van der Waals surface area contributed by atoms with Crippen LogP contribution in [-0.2, 0) is 11.2 Å². The average Bonchev–Trinajstić information content (AvgIpc) is 3.35. The number of methoxy groups -OCH3 is 1. The van der Waals surface area contributed by atoms with E-state index in [2.05, 4.69) is 32.7 Å². The minimum atomic E-state index is -0.0615. The Morgan fingerprint density at radius 3 is 2.44 bits per heavy atom. The van der Waals surface area contributed by atoms with Gasteiger partial charge in [-0.05, 0) is 34.9 Å². The SMILES string of the molecule is COc1cccc(-c2nnc3ccc(OCCNC(=O)Cc4ccc(-c5ccccc5)cc4)nn23)c1. The number of carbonyl (C=O) groups is 1. The molecule has 0 unspecified atom stereocenters.